The Balaban J connectivity index is 1.93. The minimum absolute atomic E-state index is 0.191. The third kappa shape index (κ3) is 3.15. The van der Waals surface area contributed by atoms with Crippen molar-refractivity contribution >= 4 is 27.3 Å². The molecule has 0 amide bonds. The van der Waals surface area contributed by atoms with Crippen LogP contribution in [0.4, 0.5) is 5.82 Å². The first-order valence-electron chi connectivity index (χ1n) is 6.89. The van der Waals surface area contributed by atoms with Crippen LogP contribution in [0.1, 0.15) is 6.42 Å². The minimum atomic E-state index is -3.43. The maximum absolute atomic E-state index is 12.6. The SMILES string of the molecule is O=S(=O)(c1cc(Cl)nc(N2CCOCC2)c1)C1CCOC1. The fourth-order valence-electron chi connectivity index (χ4n) is 2.53. The van der Waals surface area contributed by atoms with E-state index in [9.17, 15) is 8.42 Å². The summed E-state index contributed by atoms with van der Waals surface area (Å²) in [6, 6.07) is 3.02. The standard InChI is InChI=1S/C13H17ClN2O4S/c14-12-7-11(21(17,18)10-1-4-20-9-10)8-13(15-12)16-2-5-19-6-3-16/h7-8,10H,1-6,9H2. The number of halogens is 1. The Labute approximate surface area is 128 Å². The maximum Gasteiger partial charge on any atom is 0.183 e. The average molecular weight is 333 g/mol. The molecule has 0 bridgehead atoms. The lowest BCUT2D eigenvalue weighted by Crippen LogP contribution is -2.37. The number of anilines is 1. The summed E-state index contributed by atoms with van der Waals surface area (Å²) >= 11 is 6.02. The molecule has 1 unspecified atom stereocenters. The normalized spacial score (nSPS) is 23.5. The van der Waals surface area contributed by atoms with Crippen LogP contribution < -0.4 is 4.90 Å². The monoisotopic (exact) mass is 332 g/mol. The molecule has 0 radical (unpaired) electrons. The van der Waals surface area contributed by atoms with E-state index in [-0.39, 0.29) is 16.7 Å². The predicted molar refractivity (Wildman–Crippen MR) is 78.7 cm³/mol. The molecular weight excluding hydrogens is 316 g/mol. The fraction of sp³-hybridized carbons (Fsp3) is 0.615. The van der Waals surface area contributed by atoms with E-state index >= 15 is 0 Å². The molecule has 2 aliphatic heterocycles. The highest BCUT2D eigenvalue weighted by molar-refractivity contribution is 7.92. The lowest BCUT2D eigenvalue weighted by Gasteiger charge is -2.28. The van der Waals surface area contributed by atoms with E-state index in [0.717, 1.165) is 0 Å². The minimum Gasteiger partial charge on any atom is -0.380 e. The molecule has 2 fully saturated rings. The summed E-state index contributed by atoms with van der Waals surface area (Å²) in [5.74, 6) is 0.586. The summed E-state index contributed by atoms with van der Waals surface area (Å²) in [4.78, 5) is 6.45. The van der Waals surface area contributed by atoms with Gasteiger partial charge in [0, 0.05) is 19.7 Å². The van der Waals surface area contributed by atoms with Gasteiger partial charge in [-0.1, -0.05) is 11.6 Å². The van der Waals surface area contributed by atoms with Crippen molar-refractivity contribution in [3.63, 3.8) is 0 Å². The van der Waals surface area contributed by atoms with Crippen molar-refractivity contribution in [2.75, 3.05) is 44.4 Å². The van der Waals surface area contributed by atoms with E-state index in [2.05, 4.69) is 4.98 Å². The molecule has 1 aromatic heterocycles. The second-order valence-corrected chi connectivity index (χ2v) is 7.73. The summed E-state index contributed by atoms with van der Waals surface area (Å²) in [6.07, 6.45) is 0.523. The Hall–Kier alpha value is -0.890. The van der Waals surface area contributed by atoms with Crippen LogP contribution in [0.2, 0.25) is 5.15 Å². The Bertz CT molecular complexity index is 611. The van der Waals surface area contributed by atoms with E-state index < -0.39 is 15.1 Å². The number of pyridine rings is 1. The predicted octanol–water partition coefficient (Wildman–Crippen LogP) is 1.13. The van der Waals surface area contributed by atoms with E-state index in [0.29, 0.717) is 45.1 Å². The molecule has 0 aliphatic carbocycles. The molecule has 0 aromatic carbocycles. The molecule has 2 saturated heterocycles. The van der Waals surface area contributed by atoms with Crippen LogP contribution in [-0.2, 0) is 19.3 Å². The molecular formula is C13H17ClN2O4S. The van der Waals surface area contributed by atoms with Gasteiger partial charge in [0.05, 0.1) is 30.0 Å². The highest BCUT2D eigenvalue weighted by atomic mass is 35.5. The molecule has 3 rings (SSSR count). The third-order valence-electron chi connectivity index (χ3n) is 3.74. The first-order chi connectivity index (χ1) is 10.1. The third-order valence-corrected chi connectivity index (χ3v) is 6.08. The highest BCUT2D eigenvalue weighted by Crippen LogP contribution is 2.27. The van der Waals surface area contributed by atoms with Gasteiger partial charge in [-0.05, 0) is 18.6 Å². The molecule has 8 heteroatoms. The van der Waals surface area contributed by atoms with Gasteiger partial charge in [-0.2, -0.15) is 0 Å². The summed E-state index contributed by atoms with van der Waals surface area (Å²) in [5, 5.41) is -0.301. The van der Waals surface area contributed by atoms with Crippen LogP contribution in [0.5, 0.6) is 0 Å². The van der Waals surface area contributed by atoms with Gasteiger partial charge in [-0.3, -0.25) is 0 Å². The van der Waals surface area contributed by atoms with Gasteiger partial charge in [0.25, 0.3) is 0 Å². The van der Waals surface area contributed by atoms with Crippen molar-refractivity contribution in [3.05, 3.63) is 17.3 Å². The van der Waals surface area contributed by atoms with Gasteiger partial charge >= 0.3 is 0 Å². The molecule has 0 spiro atoms. The van der Waals surface area contributed by atoms with Gasteiger partial charge in [0.15, 0.2) is 9.84 Å². The topological polar surface area (TPSA) is 68.7 Å². The lowest BCUT2D eigenvalue weighted by atomic mass is 10.3. The fourth-order valence-corrected chi connectivity index (χ4v) is 4.41. The maximum atomic E-state index is 12.6. The zero-order valence-electron chi connectivity index (χ0n) is 11.5. The smallest absolute Gasteiger partial charge is 0.183 e. The number of nitrogens with zero attached hydrogens (tertiary/aromatic N) is 2. The van der Waals surface area contributed by atoms with Crippen LogP contribution in [-0.4, -0.2) is 58.2 Å². The summed E-state index contributed by atoms with van der Waals surface area (Å²) in [5.41, 5.74) is 0. The Kier molecular flexibility index (Phi) is 4.35. The number of aromatic nitrogens is 1. The lowest BCUT2D eigenvalue weighted by molar-refractivity contribution is 0.122. The van der Waals surface area contributed by atoms with E-state index in [1.807, 2.05) is 4.90 Å². The number of sulfone groups is 1. The van der Waals surface area contributed by atoms with Crippen molar-refractivity contribution in [3.8, 4) is 0 Å². The van der Waals surface area contributed by atoms with Gasteiger partial charge in [0.1, 0.15) is 11.0 Å². The number of hydrogen-bond donors (Lipinski definition) is 0. The van der Waals surface area contributed by atoms with Crippen LogP contribution in [0, 0.1) is 0 Å². The van der Waals surface area contributed by atoms with Crippen molar-refractivity contribution in [1.29, 1.82) is 0 Å². The molecule has 0 saturated carbocycles. The van der Waals surface area contributed by atoms with Crippen molar-refractivity contribution in [2.24, 2.45) is 0 Å². The number of morpholine rings is 1. The summed E-state index contributed by atoms with van der Waals surface area (Å²) in [7, 11) is -3.43. The van der Waals surface area contributed by atoms with Crippen LogP contribution >= 0.6 is 11.6 Å². The second-order valence-electron chi connectivity index (χ2n) is 5.11. The number of hydrogen-bond acceptors (Lipinski definition) is 6. The molecule has 1 atom stereocenters. The molecule has 1 aromatic rings. The summed E-state index contributed by atoms with van der Waals surface area (Å²) < 4.78 is 35.7. The molecule has 0 N–H and O–H groups in total. The molecule has 3 heterocycles. The molecule has 6 nitrogen and oxygen atoms in total. The van der Waals surface area contributed by atoms with Crippen LogP contribution in [0.3, 0.4) is 0 Å². The van der Waals surface area contributed by atoms with Crippen molar-refractivity contribution in [2.45, 2.75) is 16.6 Å². The molecule has 21 heavy (non-hydrogen) atoms. The Morgan fingerprint density at radius 1 is 1.19 bits per heavy atom. The first kappa shape index (κ1) is 15.0. The van der Waals surface area contributed by atoms with Gasteiger partial charge in [-0.15, -0.1) is 0 Å². The summed E-state index contributed by atoms with van der Waals surface area (Å²) in [6.45, 7) is 3.30. The molecule has 116 valence electrons. The first-order valence-corrected chi connectivity index (χ1v) is 8.82. The van der Waals surface area contributed by atoms with Crippen molar-refractivity contribution < 1.29 is 17.9 Å². The Morgan fingerprint density at radius 3 is 2.62 bits per heavy atom. The van der Waals surface area contributed by atoms with Gasteiger partial charge in [0.2, 0.25) is 0 Å². The second kappa shape index (κ2) is 6.08. The van der Waals surface area contributed by atoms with Crippen LogP contribution in [0.25, 0.3) is 0 Å². The highest BCUT2D eigenvalue weighted by Gasteiger charge is 2.32. The molecule has 2 aliphatic rings. The largest absolute Gasteiger partial charge is 0.380 e. The van der Waals surface area contributed by atoms with Crippen LogP contribution in [0.15, 0.2) is 17.0 Å². The number of rotatable bonds is 3. The number of ether oxygens (including phenoxy) is 2. The zero-order valence-corrected chi connectivity index (χ0v) is 13.1. The Morgan fingerprint density at radius 2 is 1.95 bits per heavy atom. The van der Waals surface area contributed by atoms with Crippen molar-refractivity contribution in [1.82, 2.24) is 4.98 Å². The quantitative estimate of drug-likeness (QED) is 0.773. The van der Waals surface area contributed by atoms with Gasteiger partial charge < -0.3 is 14.4 Å². The van der Waals surface area contributed by atoms with E-state index in [4.69, 9.17) is 21.1 Å². The van der Waals surface area contributed by atoms with E-state index in [1.54, 1.807) is 6.07 Å². The van der Waals surface area contributed by atoms with E-state index in [1.165, 1.54) is 6.07 Å². The zero-order chi connectivity index (χ0) is 14.9. The average Bonchev–Trinajstić information content (AvgIpc) is 3.02. The van der Waals surface area contributed by atoms with Gasteiger partial charge in [-0.25, -0.2) is 13.4 Å².